The van der Waals surface area contributed by atoms with Crippen LogP contribution in [0.3, 0.4) is 0 Å². The van der Waals surface area contributed by atoms with Crippen molar-refractivity contribution in [2.24, 2.45) is 0 Å². The Kier molecular flexibility index (Phi) is 14.9. The van der Waals surface area contributed by atoms with Gasteiger partial charge in [0.1, 0.15) is 25.4 Å². The van der Waals surface area contributed by atoms with Gasteiger partial charge in [-0.15, -0.1) is 0 Å². The molecule has 2 aliphatic heterocycles. The van der Waals surface area contributed by atoms with Gasteiger partial charge in [0, 0.05) is 55.5 Å². The highest BCUT2D eigenvalue weighted by molar-refractivity contribution is 5.70. The van der Waals surface area contributed by atoms with E-state index in [2.05, 4.69) is 5.32 Å². The summed E-state index contributed by atoms with van der Waals surface area (Å²) in [6, 6.07) is 0. The van der Waals surface area contributed by atoms with E-state index in [1.165, 1.54) is 7.05 Å². The molecule has 1 amide bonds. The summed E-state index contributed by atoms with van der Waals surface area (Å²) in [7, 11) is 1.20. The predicted octanol–water partition coefficient (Wildman–Crippen LogP) is -1.04. The number of amides is 1. The summed E-state index contributed by atoms with van der Waals surface area (Å²) >= 11 is 0. The summed E-state index contributed by atoms with van der Waals surface area (Å²) in [6.07, 6.45) is -17.8. The van der Waals surface area contributed by atoms with Crippen LogP contribution in [-0.2, 0) is 85.7 Å². The van der Waals surface area contributed by atoms with Gasteiger partial charge in [-0.2, -0.15) is 0 Å². The van der Waals surface area contributed by atoms with Crippen LogP contribution >= 0.6 is 0 Å². The van der Waals surface area contributed by atoms with Gasteiger partial charge < -0.3 is 57.4 Å². The Morgan fingerprint density at radius 2 is 0.833 bits per heavy atom. The lowest BCUT2D eigenvalue weighted by atomic mass is 9.96. The minimum Gasteiger partial charge on any atom is -0.463 e. The number of hydrogen-bond acceptors (Lipinski definition) is 19. The van der Waals surface area contributed by atoms with Gasteiger partial charge in [0.2, 0.25) is 6.29 Å². The molecule has 48 heavy (non-hydrogen) atoms. The number of nitrogens with one attached hydrogen (secondary N) is 1. The van der Waals surface area contributed by atoms with Crippen LogP contribution in [-0.4, -0.2) is 130 Å². The van der Waals surface area contributed by atoms with E-state index < -0.39 is 123 Å². The first-order chi connectivity index (χ1) is 22.4. The van der Waals surface area contributed by atoms with Crippen molar-refractivity contribution in [1.82, 2.24) is 5.32 Å². The highest BCUT2D eigenvalue weighted by atomic mass is 16.8. The maximum atomic E-state index is 12.5. The monoisotopic (exact) mass is 693 g/mol. The summed E-state index contributed by atoms with van der Waals surface area (Å²) in [5.41, 5.74) is 0. The molecule has 0 bridgehead atoms. The lowest BCUT2D eigenvalue weighted by Gasteiger charge is -2.48. The molecule has 2 saturated heterocycles. The molecule has 0 aromatic carbocycles. The van der Waals surface area contributed by atoms with Gasteiger partial charge in [0.25, 0.3) is 0 Å². The third-order valence-corrected chi connectivity index (χ3v) is 6.31. The van der Waals surface area contributed by atoms with Crippen molar-refractivity contribution in [2.75, 3.05) is 20.3 Å². The van der Waals surface area contributed by atoms with Crippen LogP contribution < -0.4 is 5.32 Å². The van der Waals surface area contributed by atoms with Crippen LogP contribution in [0.5, 0.6) is 0 Å². The minimum absolute atomic E-state index is 0.569. The summed E-state index contributed by atoms with van der Waals surface area (Å²) < 4.78 is 60.3. The lowest BCUT2D eigenvalue weighted by Crippen LogP contribution is -2.67. The molecule has 2 aliphatic rings. The van der Waals surface area contributed by atoms with E-state index >= 15 is 0 Å². The van der Waals surface area contributed by atoms with Crippen LogP contribution in [0, 0.1) is 0 Å². The molecule has 2 heterocycles. The molecule has 20 heteroatoms. The predicted molar refractivity (Wildman–Crippen MR) is 149 cm³/mol. The van der Waals surface area contributed by atoms with Crippen molar-refractivity contribution < 1.29 is 90.5 Å². The molecular formula is C28H39NO19. The second kappa shape index (κ2) is 18.1. The van der Waals surface area contributed by atoms with Crippen LogP contribution in [0.25, 0.3) is 0 Å². The van der Waals surface area contributed by atoms with Gasteiger partial charge in [-0.3, -0.25) is 33.6 Å². The maximum absolute atomic E-state index is 12.5. The molecule has 10 atom stereocenters. The van der Waals surface area contributed by atoms with Crippen molar-refractivity contribution in [1.29, 1.82) is 0 Å². The zero-order valence-electron chi connectivity index (χ0n) is 27.4. The van der Waals surface area contributed by atoms with Gasteiger partial charge in [-0.1, -0.05) is 0 Å². The Bertz CT molecular complexity index is 1220. The molecule has 0 saturated carbocycles. The molecule has 0 aromatic heterocycles. The highest BCUT2D eigenvalue weighted by Gasteiger charge is 2.58. The van der Waals surface area contributed by atoms with Crippen molar-refractivity contribution in [3.63, 3.8) is 0 Å². The van der Waals surface area contributed by atoms with Crippen molar-refractivity contribution >= 4 is 47.9 Å². The average molecular weight is 694 g/mol. The van der Waals surface area contributed by atoms with Crippen molar-refractivity contribution in [3.8, 4) is 0 Å². The number of ether oxygens (including phenoxy) is 11. The quantitative estimate of drug-likeness (QED) is 0.189. The lowest BCUT2D eigenvalue weighted by molar-refractivity contribution is -0.362. The second-order valence-corrected chi connectivity index (χ2v) is 10.3. The minimum atomic E-state index is -1.90. The van der Waals surface area contributed by atoms with E-state index in [1.54, 1.807) is 0 Å². The number of alkyl carbamates (subject to hydrolysis) is 1. The first-order valence-corrected chi connectivity index (χ1v) is 14.4. The first kappa shape index (κ1) is 39.6. The third-order valence-electron chi connectivity index (χ3n) is 6.31. The van der Waals surface area contributed by atoms with Crippen LogP contribution in [0.2, 0.25) is 0 Å². The standard InChI is InChI=1S/C28H39NO19/c1-11(30)38-9-18-20(40-13(3)32)22(42-15(5)34)24(26(45-18)44-17(7)36)47-27-25(48-28(37)29-8)23(43-16(6)35)21(41-14(4)33)19(46-27)10-39-12(2)31/h18-27H,9-10H2,1-8H3,(H,29,37)/t18-,19+,20+,21+,22-,23-,24-,25-,26-,27+/m0/s1. The number of carbonyl (C=O) groups is 8. The van der Waals surface area contributed by atoms with Gasteiger partial charge in [-0.25, -0.2) is 4.79 Å². The molecule has 2 rings (SSSR count). The molecule has 0 spiro atoms. The molecule has 0 unspecified atom stereocenters. The summed E-state index contributed by atoms with van der Waals surface area (Å²) in [5.74, 6) is -6.13. The van der Waals surface area contributed by atoms with E-state index in [-0.39, 0.29) is 0 Å². The van der Waals surface area contributed by atoms with Gasteiger partial charge in [0.05, 0.1) is 0 Å². The molecule has 0 aromatic rings. The Morgan fingerprint density at radius 1 is 0.458 bits per heavy atom. The smallest absolute Gasteiger partial charge is 0.407 e. The molecule has 20 nitrogen and oxygen atoms in total. The largest absolute Gasteiger partial charge is 0.463 e. The zero-order valence-corrected chi connectivity index (χ0v) is 27.4. The average Bonchev–Trinajstić information content (AvgIpc) is 2.95. The SMILES string of the molecule is CNC(=O)O[C@@H]1[C@@H](O[C@@H]2[C@@H](OC(C)=O)O[C@@H](COC(C)=O)[C@@H](OC(C)=O)[C@@H]2OC(C)=O)O[C@H](COC(C)=O)[C@@H](OC(C)=O)[C@@H]1OC(C)=O. The number of carbonyl (C=O) groups excluding carboxylic acids is 8. The third kappa shape index (κ3) is 11.9. The van der Waals surface area contributed by atoms with Crippen LogP contribution in [0.1, 0.15) is 48.5 Å². The summed E-state index contributed by atoms with van der Waals surface area (Å²) in [5, 5.41) is 2.19. The first-order valence-electron chi connectivity index (χ1n) is 14.4. The number of esters is 7. The maximum Gasteiger partial charge on any atom is 0.407 e. The fraction of sp³-hybridized carbons (Fsp3) is 0.714. The summed E-state index contributed by atoms with van der Waals surface area (Å²) in [4.78, 5) is 96.8. The molecule has 2 fully saturated rings. The summed E-state index contributed by atoms with van der Waals surface area (Å²) in [6.45, 7) is 6.05. The number of hydrogen-bond donors (Lipinski definition) is 1. The van der Waals surface area contributed by atoms with E-state index in [0.717, 1.165) is 48.5 Å². The molecular weight excluding hydrogens is 654 g/mol. The molecule has 1 N–H and O–H groups in total. The molecule has 270 valence electrons. The number of rotatable bonds is 12. The molecule has 0 radical (unpaired) electrons. The zero-order chi connectivity index (χ0) is 36.3. The van der Waals surface area contributed by atoms with E-state index in [9.17, 15) is 38.4 Å². The van der Waals surface area contributed by atoms with E-state index in [0.29, 0.717) is 0 Å². The Hall–Kier alpha value is -4.56. The Labute approximate surface area is 274 Å². The Balaban J connectivity index is 2.74. The Morgan fingerprint density at radius 3 is 1.21 bits per heavy atom. The fourth-order valence-electron chi connectivity index (χ4n) is 4.72. The highest BCUT2D eigenvalue weighted by Crippen LogP contribution is 2.35. The van der Waals surface area contributed by atoms with Gasteiger partial charge >= 0.3 is 47.9 Å². The fourth-order valence-corrected chi connectivity index (χ4v) is 4.72. The van der Waals surface area contributed by atoms with Gasteiger partial charge in [-0.05, 0) is 0 Å². The van der Waals surface area contributed by atoms with Gasteiger partial charge in [0.15, 0.2) is 42.9 Å². The van der Waals surface area contributed by atoms with Crippen molar-refractivity contribution in [3.05, 3.63) is 0 Å². The van der Waals surface area contributed by atoms with Crippen molar-refractivity contribution in [2.45, 2.75) is 110 Å². The molecule has 0 aliphatic carbocycles. The normalized spacial score (nSPS) is 29.6. The van der Waals surface area contributed by atoms with E-state index in [4.69, 9.17) is 52.1 Å². The van der Waals surface area contributed by atoms with E-state index in [1.807, 2.05) is 0 Å². The van der Waals surface area contributed by atoms with Crippen LogP contribution in [0.4, 0.5) is 4.79 Å². The van der Waals surface area contributed by atoms with Crippen LogP contribution in [0.15, 0.2) is 0 Å². The topological polar surface area (TPSA) is 250 Å². The second-order valence-electron chi connectivity index (χ2n) is 10.3.